The van der Waals surface area contributed by atoms with E-state index in [1.807, 2.05) is 19.1 Å². The van der Waals surface area contributed by atoms with Crippen molar-refractivity contribution in [1.82, 2.24) is 4.90 Å². The van der Waals surface area contributed by atoms with E-state index in [-0.39, 0.29) is 18.7 Å². The first-order valence-corrected chi connectivity index (χ1v) is 7.79. The Labute approximate surface area is 126 Å². The van der Waals surface area contributed by atoms with Gasteiger partial charge in [0.2, 0.25) is 0 Å². The van der Waals surface area contributed by atoms with Gasteiger partial charge in [-0.2, -0.15) is 0 Å². The monoisotopic (exact) mass is 339 g/mol. The highest BCUT2D eigenvalue weighted by Gasteiger charge is 2.36. The average Bonchev–Trinajstić information content (AvgIpc) is 2.43. The maximum Gasteiger partial charge on any atom is 0.260 e. The van der Waals surface area contributed by atoms with Crippen molar-refractivity contribution in [3.63, 3.8) is 0 Å². The molecule has 5 heteroatoms. The second kappa shape index (κ2) is 5.37. The summed E-state index contributed by atoms with van der Waals surface area (Å²) in [6.45, 7) is 2.20. The molecule has 108 valence electrons. The molecule has 0 spiro atoms. The summed E-state index contributed by atoms with van der Waals surface area (Å²) in [5.41, 5.74) is 1.62. The van der Waals surface area contributed by atoms with Crippen molar-refractivity contribution in [2.75, 3.05) is 6.73 Å². The fourth-order valence-electron chi connectivity index (χ4n) is 3.00. The van der Waals surface area contributed by atoms with Crippen LogP contribution >= 0.6 is 15.9 Å². The molecule has 0 radical (unpaired) electrons. The van der Waals surface area contributed by atoms with Crippen LogP contribution in [-0.2, 0) is 0 Å². The summed E-state index contributed by atoms with van der Waals surface area (Å²) in [6, 6.07) is 3.57. The summed E-state index contributed by atoms with van der Waals surface area (Å²) in [5.74, 6) is 0.593. The lowest BCUT2D eigenvalue weighted by Gasteiger charge is -2.39. The van der Waals surface area contributed by atoms with Crippen LogP contribution in [0, 0.1) is 6.92 Å². The number of rotatable bonds is 1. The molecule has 0 bridgehead atoms. The van der Waals surface area contributed by atoms with Gasteiger partial charge in [-0.1, -0.05) is 28.8 Å². The van der Waals surface area contributed by atoms with Crippen molar-refractivity contribution in [3.8, 4) is 5.75 Å². The van der Waals surface area contributed by atoms with Gasteiger partial charge in [-0.15, -0.1) is 0 Å². The van der Waals surface area contributed by atoms with E-state index in [1.54, 1.807) is 4.90 Å². The van der Waals surface area contributed by atoms with Crippen molar-refractivity contribution in [2.45, 2.75) is 44.8 Å². The predicted octanol–water partition coefficient (Wildman–Crippen LogP) is 2.85. The van der Waals surface area contributed by atoms with Crippen LogP contribution in [0.25, 0.3) is 0 Å². The molecule has 20 heavy (non-hydrogen) atoms. The van der Waals surface area contributed by atoms with Gasteiger partial charge in [-0.3, -0.25) is 9.69 Å². The molecule has 2 atom stereocenters. The number of halogens is 1. The highest BCUT2D eigenvalue weighted by Crippen LogP contribution is 2.33. The largest absolute Gasteiger partial charge is 0.472 e. The number of aliphatic hydroxyl groups excluding tert-OH is 1. The first-order chi connectivity index (χ1) is 9.58. The van der Waals surface area contributed by atoms with E-state index in [0.29, 0.717) is 11.3 Å². The molecule has 1 aliphatic carbocycles. The SMILES string of the molecule is Cc1cc2c(cc1Br)C(=O)N([C@H]1CCCC[C@@H]1O)CO2. The number of hydrogen-bond donors (Lipinski definition) is 1. The summed E-state index contributed by atoms with van der Waals surface area (Å²) in [4.78, 5) is 14.3. The molecular weight excluding hydrogens is 322 g/mol. The minimum Gasteiger partial charge on any atom is -0.472 e. The molecule has 0 aromatic heterocycles. The van der Waals surface area contributed by atoms with Gasteiger partial charge in [-0.05, 0) is 37.5 Å². The topological polar surface area (TPSA) is 49.8 Å². The van der Waals surface area contributed by atoms with E-state index in [2.05, 4.69) is 15.9 Å². The molecule has 4 nitrogen and oxygen atoms in total. The number of aliphatic hydroxyl groups is 1. The van der Waals surface area contributed by atoms with E-state index in [4.69, 9.17) is 4.74 Å². The van der Waals surface area contributed by atoms with Gasteiger partial charge >= 0.3 is 0 Å². The van der Waals surface area contributed by atoms with Gasteiger partial charge in [0.1, 0.15) is 5.75 Å². The third kappa shape index (κ3) is 2.33. The van der Waals surface area contributed by atoms with Crippen LogP contribution in [0.2, 0.25) is 0 Å². The zero-order valence-electron chi connectivity index (χ0n) is 11.4. The zero-order valence-corrected chi connectivity index (χ0v) is 13.0. The Morgan fingerprint density at radius 1 is 1.35 bits per heavy atom. The van der Waals surface area contributed by atoms with Crippen molar-refractivity contribution < 1.29 is 14.6 Å². The fraction of sp³-hybridized carbons (Fsp3) is 0.533. The first kappa shape index (κ1) is 13.9. The maximum atomic E-state index is 12.6. The van der Waals surface area contributed by atoms with Gasteiger partial charge in [0, 0.05) is 4.47 Å². The van der Waals surface area contributed by atoms with Crippen LogP contribution in [0.4, 0.5) is 0 Å². The van der Waals surface area contributed by atoms with Gasteiger partial charge in [-0.25, -0.2) is 0 Å². The number of aryl methyl sites for hydroxylation is 1. The normalized spacial score (nSPS) is 26.1. The van der Waals surface area contributed by atoms with Crippen molar-refractivity contribution >= 4 is 21.8 Å². The van der Waals surface area contributed by atoms with Crippen LogP contribution in [-0.4, -0.2) is 34.8 Å². The Kier molecular flexibility index (Phi) is 3.73. The Bertz CT molecular complexity index is 546. The maximum absolute atomic E-state index is 12.6. The Balaban J connectivity index is 1.90. The van der Waals surface area contributed by atoms with Gasteiger partial charge in [0.05, 0.1) is 17.7 Å². The number of hydrogen-bond acceptors (Lipinski definition) is 3. The van der Waals surface area contributed by atoms with Crippen LogP contribution in [0.15, 0.2) is 16.6 Å². The summed E-state index contributed by atoms with van der Waals surface area (Å²) >= 11 is 3.45. The van der Waals surface area contributed by atoms with Crippen molar-refractivity contribution in [3.05, 3.63) is 27.7 Å². The lowest BCUT2D eigenvalue weighted by Crippen LogP contribution is -2.51. The van der Waals surface area contributed by atoms with Crippen molar-refractivity contribution in [1.29, 1.82) is 0 Å². The molecule has 1 aromatic carbocycles. The predicted molar refractivity (Wildman–Crippen MR) is 78.8 cm³/mol. The molecule has 3 rings (SSSR count). The second-order valence-electron chi connectivity index (χ2n) is 5.57. The van der Waals surface area contributed by atoms with Crippen LogP contribution in [0.3, 0.4) is 0 Å². The molecule has 1 amide bonds. The number of carbonyl (C=O) groups excluding carboxylic acids is 1. The first-order valence-electron chi connectivity index (χ1n) is 7.00. The molecule has 1 aliphatic heterocycles. The Morgan fingerprint density at radius 3 is 2.85 bits per heavy atom. The van der Waals surface area contributed by atoms with Crippen LogP contribution in [0.5, 0.6) is 5.75 Å². The summed E-state index contributed by atoms with van der Waals surface area (Å²) < 4.78 is 6.62. The molecule has 1 fully saturated rings. The summed E-state index contributed by atoms with van der Waals surface area (Å²) in [5, 5.41) is 10.1. The molecule has 1 aromatic rings. The molecule has 0 unspecified atom stereocenters. The molecule has 0 saturated heterocycles. The van der Waals surface area contributed by atoms with E-state index in [0.717, 1.165) is 35.7 Å². The number of nitrogens with zero attached hydrogens (tertiary/aromatic N) is 1. The number of benzene rings is 1. The summed E-state index contributed by atoms with van der Waals surface area (Å²) in [6.07, 6.45) is 3.25. The molecule has 2 aliphatic rings. The van der Waals surface area contributed by atoms with Crippen molar-refractivity contribution in [2.24, 2.45) is 0 Å². The standard InChI is InChI=1S/C15H18BrNO3/c1-9-6-14-10(7-11(9)16)15(19)17(8-20-14)12-4-2-3-5-13(12)18/h6-7,12-13,18H,2-5,8H2,1H3/t12-,13-/m0/s1. The zero-order chi connectivity index (χ0) is 14.3. The molecule has 1 heterocycles. The molecular formula is C15H18BrNO3. The number of carbonyl (C=O) groups is 1. The molecule has 1 saturated carbocycles. The number of fused-ring (bicyclic) bond motifs is 1. The average molecular weight is 340 g/mol. The Hall–Kier alpha value is -1.07. The third-order valence-corrected chi connectivity index (χ3v) is 5.06. The number of amides is 1. The van der Waals surface area contributed by atoms with E-state index in [1.165, 1.54) is 0 Å². The minimum atomic E-state index is -0.438. The van der Waals surface area contributed by atoms with E-state index >= 15 is 0 Å². The van der Waals surface area contributed by atoms with Gasteiger partial charge < -0.3 is 9.84 Å². The smallest absolute Gasteiger partial charge is 0.260 e. The van der Waals surface area contributed by atoms with E-state index < -0.39 is 6.10 Å². The highest BCUT2D eigenvalue weighted by atomic mass is 79.9. The lowest BCUT2D eigenvalue weighted by molar-refractivity contribution is -0.0124. The van der Waals surface area contributed by atoms with Crippen LogP contribution < -0.4 is 4.74 Å². The van der Waals surface area contributed by atoms with Gasteiger partial charge in [0.15, 0.2) is 6.73 Å². The Morgan fingerprint density at radius 2 is 2.10 bits per heavy atom. The quantitative estimate of drug-likeness (QED) is 0.855. The van der Waals surface area contributed by atoms with E-state index in [9.17, 15) is 9.90 Å². The minimum absolute atomic E-state index is 0.0436. The fourth-order valence-corrected chi connectivity index (χ4v) is 3.34. The third-order valence-electron chi connectivity index (χ3n) is 4.21. The molecule has 1 N–H and O–H groups in total. The summed E-state index contributed by atoms with van der Waals surface area (Å²) in [7, 11) is 0. The number of ether oxygens (including phenoxy) is 1. The van der Waals surface area contributed by atoms with Crippen LogP contribution in [0.1, 0.15) is 41.6 Å². The van der Waals surface area contributed by atoms with Gasteiger partial charge in [0.25, 0.3) is 5.91 Å². The second-order valence-corrected chi connectivity index (χ2v) is 6.42. The highest BCUT2D eigenvalue weighted by molar-refractivity contribution is 9.10. The lowest BCUT2D eigenvalue weighted by atomic mass is 9.91.